The highest BCUT2D eigenvalue weighted by Gasteiger charge is 2.25. The number of hydrogen-bond acceptors (Lipinski definition) is 4. The van der Waals surface area contributed by atoms with Crippen molar-refractivity contribution in [2.24, 2.45) is 5.92 Å². The molecule has 0 fully saturated rings. The zero-order chi connectivity index (χ0) is 13.0. The maximum Gasteiger partial charge on any atom is 0.469 e. The van der Waals surface area contributed by atoms with Crippen LogP contribution < -0.4 is 0 Å². The minimum atomic E-state index is -4.61. The molecule has 16 heavy (non-hydrogen) atoms. The largest absolute Gasteiger partial charge is 0.469 e. The lowest BCUT2D eigenvalue weighted by Crippen LogP contribution is -2.20. The second-order valence-electron chi connectivity index (χ2n) is 3.49. The first-order valence-corrected chi connectivity index (χ1v) is 7.51. The number of phosphoric acid groups is 2. The smallest absolute Gasteiger partial charge is 0.303 e. The van der Waals surface area contributed by atoms with Gasteiger partial charge >= 0.3 is 15.6 Å². The van der Waals surface area contributed by atoms with Gasteiger partial charge < -0.3 is 19.6 Å². The summed E-state index contributed by atoms with van der Waals surface area (Å²) >= 11 is 0. The molecule has 0 aromatic rings. The lowest BCUT2D eigenvalue weighted by molar-refractivity contribution is 0.0758. The molecule has 0 rings (SSSR count). The van der Waals surface area contributed by atoms with E-state index in [0.717, 1.165) is 0 Å². The molecule has 4 N–H and O–H groups in total. The van der Waals surface area contributed by atoms with E-state index in [2.05, 4.69) is 9.05 Å². The van der Waals surface area contributed by atoms with Gasteiger partial charge in [-0.15, -0.1) is 0 Å². The van der Waals surface area contributed by atoms with Crippen LogP contribution in [0.3, 0.4) is 0 Å². The van der Waals surface area contributed by atoms with Gasteiger partial charge in [0.05, 0.1) is 12.7 Å². The van der Waals surface area contributed by atoms with Crippen LogP contribution in [0.4, 0.5) is 0 Å². The van der Waals surface area contributed by atoms with Crippen molar-refractivity contribution in [2.45, 2.75) is 26.4 Å². The Morgan fingerprint density at radius 3 is 1.88 bits per heavy atom. The first-order chi connectivity index (χ1) is 7.01. The quantitative estimate of drug-likeness (QED) is 0.498. The Morgan fingerprint density at radius 1 is 1.06 bits per heavy atom. The van der Waals surface area contributed by atoms with Crippen LogP contribution in [0.2, 0.25) is 0 Å². The molecule has 10 heteroatoms. The second-order valence-corrected chi connectivity index (χ2v) is 5.92. The van der Waals surface area contributed by atoms with Gasteiger partial charge in [-0.2, -0.15) is 0 Å². The summed E-state index contributed by atoms with van der Waals surface area (Å²) in [5, 5.41) is 0. The topological polar surface area (TPSA) is 134 Å². The van der Waals surface area contributed by atoms with Crippen LogP contribution in [0.1, 0.15) is 20.3 Å². The average Bonchev–Trinajstić information content (AvgIpc) is 1.97. The van der Waals surface area contributed by atoms with Crippen molar-refractivity contribution in [3.63, 3.8) is 0 Å². The lowest BCUT2D eigenvalue weighted by Gasteiger charge is -2.21. The summed E-state index contributed by atoms with van der Waals surface area (Å²) in [5.41, 5.74) is 0. The van der Waals surface area contributed by atoms with Crippen molar-refractivity contribution >= 4 is 15.6 Å². The van der Waals surface area contributed by atoms with E-state index < -0.39 is 21.7 Å². The van der Waals surface area contributed by atoms with Crippen molar-refractivity contribution in [3.8, 4) is 0 Å². The fourth-order valence-electron chi connectivity index (χ4n) is 0.972. The van der Waals surface area contributed by atoms with Crippen LogP contribution in [0.5, 0.6) is 0 Å². The first kappa shape index (κ1) is 16.2. The highest BCUT2D eigenvalue weighted by Crippen LogP contribution is 2.41. The molecular formula is C6H16O8P2. The fraction of sp³-hybridized carbons (Fsp3) is 1.00. The third kappa shape index (κ3) is 9.45. The molecule has 0 aliphatic rings. The molecule has 8 nitrogen and oxygen atoms in total. The average molecular weight is 278 g/mol. The molecule has 98 valence electrons. The van der Waals surface area contributed by atoms with Crippen molar-refractivity contribution < 1.29 is 37.8 Å². The molecular weight excluding hydrogens is 262 g/mol. The van der Waals surface area contributed by atoms with Gasteiger partial charge in [-0.3, -0.25) is 9.05 Å². The normalized spacial score (nSPS) is 15.4. The maximum absolute atomic E-state index is 10.6. The summed E-state index contributed by atoms with van der Waals surface area (Å²) in [6, 6.07) is 0. The van der Waals surface area contributed by atoms with Gasteiger partial charge in [0.15, 0.2) is 0 Å². The summed E-state index contributed by atoms with van der Waals surface area (Å²) in [7, 11) is -9.16. The highest BCUT2D eigenvalue weighted by molar-refractivity contribution is 7.46. The first-order valence-electron chi connectivity index (χ1n) is 4.45. The molecule has 0 aromatic heterocycles. The molecule has 0 radical (unpaired) electrons. The van der Waals surface area contributed by atoms with Gasteiger partial charge in [-0.1, -0.05) is 13.8 Å². The SMILES string of the molecule is CC(C)C(CCOP(=O)(O)O)OP(=O)(O)O. The van der Waals surface area contributed by atoms with Crippen molar-refractivity contribution in [3.05, 3.63) is 0 Å². The van der Waals surface area contributed by atoms with E-state index in [9.17, 15) is 9.13 Å². The van der Waals surface area contributed by atoms with Gasteiger partial charge in [0, 0.05) is 0 Å². The van der Waals surface area contributed by atoms with Gasteiger partial charge in [0.25, 0.3) is 0 Å². The van der Waals surface area contributed by atoms with E-state index in [0.29, 0.717) is 0 Å². The minimum absolute atomic E-state index is 0.0200. The standard InChI is InChI=1S/C6H16O8P2/c1-5(2)6(14-16(10,11)12)3-4-13-15(7,8)9/h5-6H,3-4H2,1-2H3,(H2,7,8,9)(H2,10,11,12). The number of hydrogen-bond donors (Lipinski definition) is 4. The summed E-state index contributed by atoms with van der Waals surface area (Å²) in [6.45, 7) is 2.99. The van der Waals surface area contributed by atoms with Crippen molar-refractivity contribution in [1.82, 2.24) is 0 Å². The second kappa shape index (κ2) is 6.23. The molecule has 0 amide bonds. The Morgan fingerprint density at radius 2 is 1.56 bits per heavy atom. The van der Waals surface area contributed by atoms with Crippen LogP contribution in [-0.2, 0) is 18.2 Å². The molecule has 1 unspecified atom stereocenters. The third-order valence-electron chi connectivity index (χ3n) is 1.68. The molecule has 0 spiro atoms. The van der Waals surface area contributed by atoms with Crippen LogP contribution in [0.15, 0.2) is 0 Å². The Kier molecular flexibility index (Phi) is 6.32. The van der Waals surface area contributed by atoms with E-state index in [1.807, 2.05) is 0 Å². The van der Waals surface area contributed by atoms with Gasteiger partial charge in [0.1, 0.15) is 0 Å². The molecule has 0 bridgehead atoms. The van der Waals surface area contributed by atoms with E-state index in [1.54, 1.807) is 13.8 Å². The number of phosphoric ester groups is 2. The molecule has 0 aliphatic carbocycles. The molecule has 0 aromatic carbocycles. The maximum atomic E-state index is 10.6. The zero-order valence-corrected chi connectivity index (χ0v) is 10.7. The monoisotopic (exact) mass is 278 g/mol. The summed E-state index contributed by atoms with van der Waals surface area (Å²) in [4.78, 5) is 34.0. The van der Waals surface area contributed by atoms with Crippen LogP contribution >= 0.6 is 15.6 Å². The predicted molar refractivity (Wildman–Crippen MR) is 54.4 cm³/mol. The predicted octanol–water partition coefficient (Wildman–Crippen LogP) is 0.620. The third-order valence-corrected chi connectivity index (χ3v) is 2.74. The molecule has 0 aliphatic heterocycles. The minimum Gasteiger partial charge on any atom is -0.303 e. The van der Waals surface area contributed by atoms with Gasteiger partial charge in [-0.25, -0.2) is 9.13 Å². The van der Waals surface area contributed by atoms with Gasteiger partial charge in [0.2, 0.25) is 0 Å². The van der Waals surface area contributed by atoms with E-state index >= 15 is 0 Å². The summed E-state index contributed by atoms with van der Waals surface area (Å²) in [5.74, 6) is -0.215. The zero-order valence-electron chi connectivity index (χ0n) is 8.89. The van der Waals surface area contributed by atoms with Crippen molar-refractivity contribution in [2.75, 3.05) is 6.61 Å². The summed E-state index contributed by atoms with van der Waals surface area (Å²) in [6.07, 6.45) is -0.846. The van der Waals surface area contributed by atoms with Crippen LogP contribution in [0.25, 0.3) is 0 Å². The van der Waals surface area contributed by atoms with Crippen molar-refractivity contribution in [1.29, 1.82) is 0 Å². The van der Waals surface area contributed by atoms with E-state index in [1.165, 1.54) is 0 Å². The highest BCUT2D eigenvalue weighted by atomic mass is 31.2. The fourth-order valence-corrected chi connectivity index (χ4v) is 2.02. The number of rotatable bonds is 7. The van der Waals surface area contributed by atoms with Gasteiger partial charge in [-0.05, 0) is 12.3 Å². The Bertz CT molecular complexity index is 291. The Balaban J connectivity index is 4.16. The molecule has 0 heterocycles. The van der Waals surface area contributed by atoms with E-state index in [4.69, 9.17) is 19.6 Å². The van der Waals surface area contributed by atoms with E-state index in [-0.39, 0.29) is 18.9 Å². The molecule has 1 atom stereocenters. The lowest BCUT2D eigenvalue weighted by atomic mass is 10.1. The Hall–Kier alpha value is 0.220. The Labute approximate surface area is 93.1 Å². The van der Waals surface area contributed by atoms with Crippen LogP contribution in [0, 0.1) is 5.92 Å². The molecule has 0 saturated heterocycles. The van der Waals surface area contributed by atoms with Crippen LogP contribution in [-0.4, -0.2) is 32.3 Å². The summed E-state index contributed by atoms with van der Waals surface area (Å²) < 4.78 is 29.5. The molecule has 0 saturated carbocycles.